The van der Waals surface area contributed by atoms with Crippen molar-refractivity contribution in [3.05, 3.63) is 46.2 Å². The molecule has 3 rings (SSSR count). The van der Waals surface area contributed by atoms with Gasteiger partial charge in [0.15, 0.2) is 0 Å². The molecule has 2 amide bonds. The molecule has 1 N–H and O–H groups in total. The van der Waals surface area contributed by atoms with Crippen LogP contribution in [-0.4, -0.2) is 50.6 Å². The number of likely N-dealkylation sites (tertiary alicyclic amines) is 1. The quantitative estimate of drug-likeness (QED) is 0.751. The molecule has 2 atom stereocenters. The summed E-state index contributed by atoms with van der Waals surface area (Å²) >= 11 is 1.42. The first kappa shape index (κ1) is 21.2. The van der Waals surface area contributed by atoms with E-state index >= 15 is 0 Å². The maximum atomic E-state index is 13.0. The minimum absolute atomic E-state index is 0.0250. The Bertz CT molecular complexity index is 851. The number of rotatable bonds is 7. The third-order valence-corrected chi connectivity index (χ3v) is 6.06. The van der Waals surface area contributed by atoms with Crippen LogP contribution in [0.15, 0.2) is 35.7 Å². The van der Waals surface area contributed by atoms with Crippen molar-refractivity contribution in [3.8, 4) is 11.5 Å². The van der Waals surface area contributed by atoms with E-state index in [0.717, 1.165) is 5.56 Å². The smallest absolute Gasteiger partial charge is 0.263 e. The van der Waals surface area contributed by atoms with E-state index in [0.29, 0.717) is 41.9 Å². The Balaban J connectivity index is 1.90. The third-order valence-electron chi connectivity index (χ3n) is 5.20. The molecule has 0 spiro atoms. The van der Waals surface area contributed by atoms with E-state index in [1.165, 1.54) is 11.3 Å². The normalized spacial score (nSPS) is 18.7. The zero-order chi connectivity index (χ0) is 21.0. The molecule has 0 radical (unpaired) electrons. The Morgan fingerprint density at radius 3 is 2.62 bits per heavy atom. The fourth-order valence-corrected chi connectivity index (χ4v) is 4.36. The number of amides is 2. The van der Waals surface area contributed by atoms with Gasteiger partial charge in [-0.05, 0) is 23.4 Å². The lowest BCUT2D eigenvalue weighted by Crippen LogP contribution is -2.37. The van der Waals surface area contributed by atoms with Gasteiger partial charge in [0.05, 0.1) is 25.0 Å². The minimum atomic E-state index is -0.333. The van der Waals surface area contributed by atoms with Crippen molar-refractivity contribution in [1.82, 2.24) is 10.2 Å². The van der Waals surface area contributed by atoms with Crippen molar-refractivity contribution in [3.63, 3.8) is 0 Å². The molecule has 1 aromatic carbocycles. The molecule has 0 saturated carbocycles. The van der Waals surface area contributed by atoms with Gasteiger partial charge in [-0.2, -0.15) is 0 Å². The number of benzene rings is 1. The van der Waals surface area contributed by atoms with E-state index in [-0.39, 0.29) is 23.7 Å². The Hall–Kier alpha value is -2.54. The molecule has 0 aliphatic carbocycles. The lowest BCUT2D eigenvalue weighted by atomic mass is 9.87. The molecule has 29 heavy (non-hydrogen) atoms. The number of methoxy groups -OCH3 is 2. The van der Waals surface area contributed by atoms with Gasteiger partial charge in [-0.1, -0.05) is 26.0 Å². The molecule has 156 valence electrons. The highest BCUT2D eigenvalue weighted by Gasteiger charge is 2.42. The summed E-state index contributed by atoms with van der Waals surface area (Å²) in [6.45, 7) is 5.59. The van der Waals surface area contributed by atoms with Crippen LogP contribution in [0.2, 0.25) is 0 Å². The van der Waals surface area contributed by atoms with Gasteiger partial charge < -0.3 is 19.7 Å². The Morgan fingerprint density at radius 1 is 1.21 bits per heavy atom. The molecule has 2 aromatic rings. The second-order valence-electron chi connectivity index (χ2n) is 7.65. The van der Waals surface area contributed by atoms with Crippen molar-refractivity contribution in [2.24, 2.45) is 11.8 Å². The van der Waals surface area contributed by atoms with Crippen LogP contribution in [0.4, 0.5) is 0 Å². The highest BCUT2D eigenvalue weighted by molar-refractivity contribution is 7.12. The molecule has 1 fully saturated rings. The maximum absolute atomic E-state index is 13.0. The average molecular weight is 417 g/mol. The molecule has 1 aliphatic rings. The van der Waals surface area contributed by atoms with E-state index in [1.807, 2.05) is 35.7 Å². The molecule has 2 heterocycles. The molecule has 0 bridgehead atoms. The van der Waals surface area contributed by atoms with Gasteiger partial charge in [-0.15, -0.1) is 11.3 Å². The predicted molar refractivity (Wildman–Crippen MR) is 114 cm³/mol. The minimum Gasteiger partial charge on any atom is -0.497 e. The van der Waals surface area contributed by atoms with Crippen molar-refractivity contribution in [2.45, 2.75) is 19.8 Å². The summed E-state index contributed by atoms with van der Waals surface area (Å²) in [6, 6.07) is 9.31. The van der Waals surface area contributed by atoms with Gasteiger partial charge in [-0.25, -0.2) is 0 Å². The summed E-state index contributed by atoms with van der Waals surface area (Å²) in [6.07, 6.45) is 0. The molecule has 1 aliphatic heterocycles. The number of nitrogens with one attached hydrogen (secondary N) is 1. The van der Waals surface area contributed by atoms with Crippen LogP contribution in [-0.2, 0) is 4.79 Å². The first-order valence-corrected chi connectivity index (χ1v) is 10.6. The summed E-state index contributed by atoms with van der Waals surface area (Å²) in [7, 11) is 3.21. The SMILES string of the molecule is COc1ccc([C@H]2CN(C(=O)c3cccs3)C[C@@H]2C(=O)NCC(C)C)c(OC)c1. The summed E-state index contributed by atoms with van der Waals surface area (Å²) < 4.78 is 10.9. The second kappa shape index (κ2) is 9.31. The monoisotopic (exact) mass is 416 g/mol. The van der Waals surface area contributed by atoms with Crippen LogP contribution in [0.1, 0.15) is 35.0 Å². The molecule has 1 aromatic heterocycles. The Morgan fingerprint density at radius 2 is 2.00 bits per heavy atom. The van der Waals surface area contributed by atoms with Gasteiger partial charge in [0.25, 0.3) is 5.91 Å². The number of hydrogen-bond acceptors (Lipinski definition) is 5. The standard InChI is InChI=1S/C22H28N2O4S/c1-14(2)11-23-21(25)18-13-24(22(26)20-6-5-9-29-20)12-17(18)16-8-7-15(27-3)10-19(16)28-4/h5-10,14,17-18H,11-13H2,1-4H3,(H,23,25)/t17-,18+/m1/s1. The van der Waals surface area contributed by atoms with Crippen molar-refractivity contribution >= 4 is 23.2 Å². The van der Waals surface area contributed by atoms with E-state index < -0.39 is 0 Å². The predicted octanol–water partition coefficient (Wildman–Crippen LogP) is 3.39. The van der Waals surface area contributed by atoms with Crippen molar-refractivity contribution in [1.29, 1.82) is 0 Å². The molecular formula is C22H28N2O4S. The Kier molecular flexibility index (Phi) is 6.79. The summed E-state index contributed by atoms with van der Waals surface area (Å²) in [4.78, 5) is 28.4. The van der Waals surface area contributed by atoms with Crippen LogP contribution in [0.3, 0.4) is 0 Å². The number of thiophene rings is 1. The van der Waals surface area contributed by atoms with Crippen LogP contribution in [0.5, 0.6) is 11.5 Å². The number of ether oxygens (including phenoxy) is 2. The highest BCUT2D eigenvalue weighted by atomic mass is 32.1. The van der Waals surface area contributed by atoms with Gasteiger partial charge in [0.2, 0.25) is 5.91 Å². The van der Waals surface area contributed by atoms with Crippen LogP contribution < -0.4 is 14.8 Å². The highest BCUT2D eigenvalue weighted by Crippen LogP contribution is 2.40. The first-order chi connectivity index (χ1) is 13.9. The van der Waals surface area contributed by atoms with Crippen LogP contribution in [0.25, 0.3) is 0 Å². The van der Waals surface area contributed by atoms with E-state index in [4.69, 9.17) is 9.47 Å². The largest absolute Gasteiger partial charge is 0.497 e. The zero-order valence-corrected chi connectivity index (χ0v) is 18.1. The fourth-order valence-electron chi connectivity index (χ4n) is 3.67. The van der Waals surface area contributed by atoms with Crippen molar-refractivity contribution in [2.75, 3.05) is 33.9 Å². The lowest BCUT2D eigenvalue weighted by Gasteiger charge is -2.21. The van der Waals surface area contributed by atoms with Gasteiger partial charge in [0.1, 0.15) is 11.5 Å². The van der Waals surface area contributed by atoms with Crippen LogP contribution in [0, 0.1) is 11.8 Å². The number of carbonyl (C=O) groups is 2. The topological polar surface area (TPSA) is 67.9 Å². The van der Waals surface area contributed by atoms with Gasteiger partial charge >= 0.3 is 0 Å². The van der Waals surface area contributed by atoms with E-state index in [9.17, 15) is 9.59 Å². The number of hydrogen-bond donors (Lipinski definition) is 1. The van der Waals surface area contributed by atoms with E-state index in [2.05, 4.69) is 19.2 Å². The van der Waals surface area contributed by atoms with Gasteiger partial charge in [0, 0.05) is 37.2 Å². The average Bonchev–Trinajstić information content (AvgIpc) is 3.41. The number of nitrogens with zero attached hydrogens (tertiary/aromatic N) is 1. The first-order valence-electron chi connectivity index (χ1n) is 9.77. The fraction of sp³-hybridized carbons (Fsp3) is 0.455. The molecule has 0 unspecified atom stereocenters. The zero-order valence-electron chi connectivity index (χ0n) is 17.3. The van der Waals surface area contributed by atoms with E-state index in [1.54, 1.807) is 19.1 Å². The molecule has 7 heteroatoms. The third kappa shape index (κ3) is 4.72. The van der Waals surface area contributed by atoms with Gasteiger partial charge in [-0.3, -0.25) is 9.59 Å². The maximum Gasteiger partial charge on any atom is 0.263 e. The van der Waals surface area contributed by atoms with Crippen LogP contribution >= 0.6 is 11.3 Å². The Labute approximate surface area is 175 Å². The molecule has 1 saturated heterocycles. The second-order valence-corrected chi connectivity index (χ2v) is 8.59. The summed E-state index contributed by atoms with van der Waals surface area (Å²) in [5.74, 6) is 1.18. The summed E-state index contributed by atoms with van der Waals surface area (Å²) in [5.41, 5.74) is 0.916. The van der Waals surface area contributed by atoms with Crippen molar-refractivity contribution < 1.29 is 19.1 Å². The number of carbonyl (C=O) groups excluding carboxylic acids is 2. The summed E-state index contributed by atoms with van der Waals surface area (Å²) in [5, 5.41) is 4.93. The molecule has 6 nitrogen and oxygen atoms in total. The molecular weight excluding hydrogens is 388 g/mol. The lowest BCUT2D eigenvalue weighted by molar-refractivity contribution is -0.125.